The summed E-state index contributed by atoms with van der Waals surface area (Å²) in [6, 6.07) is 17.6. The monoisotopic (exact) mass is 399 g/mol. The van der Waals surface area contributed by atoms with E-state index in [2.05, 4.69) is 4.85 Å². The highest BCUT2D eigenvalue weighted by Crippen LogP contribution is 2.44. The highest BCUT2D eigenvalue weighted by molar-refractivity contribution is 6.06. The summed E-state index contributed by atoms with van der Waals surface area (Å²) in [5.41, 5.74) is 2.72. The number of hydrogen-bond acceptors (Lipinski definition) is 3. The summed E-state index contributed by atoms with van der Waals surface area (Å²) in [5.74, 6) is -0.0767. The molecule has 0 aliphatic carbocycles. The maximum Gasteiger partial charge on any atom is 0.294 e. The minimum Gasteiger partial charge on any atom is -0.459 e. The van der Waals surface area contributed by atoms with E-state index in [4.69, 9.17) is 11.0 Å². The van der Waals surface area contributed by atoms with Crippen molar-refractivity contribution in [3.05, 3.63) is 89.7 Å². The molecule has 0 bridgehead atoms. The number of carbonyl (C=O) groups excluding carboxylic acids is 2. The molecule has 2 aromatic carbocycles. The van der Waals surface area contributed by atoms with Crippen LogP contribution in [0.1, 0.15) is 42.4 Å². The molecule has 2 atom stereocenters. The molecule has 6 heteroatoms. The van der Waals surface area contributed by atoms with Gasteiger partial charge < -0.3 is 14.2 Å². The lowest BCUT2D eigenvalue weighted by Crippen LogP contribution is -2.47. The summed E-state index contributed by atoms with van der Waals surface area (Å²) >= 11 is 0. The zero-order valence-electron chi connectivity index (χ0n) is 16.8. The van der Waals surface area contributed by atoms with E-state index in [1.807, 2.05) is 37.3 Å². The number of anilines is 2. The molecule has 1 aromatic heterocycles. The van der Waals surface area contributed by atoms with Crippen LogP contribution in [0.4, 0.5) is 17.1 Å². The molecule has 2 amide bonds. The molecule has 2 unspecified atom stereocenters. The van der Waals surface area contributed by atoms with Crippen molar-refractivity contribution >= 4 is 28.9 Å². The average molecular weight is 399 g/mol. The third kappa shape index (κ3) is 3.35. The van der Waals surface area contributed by atoms with Gasteiger partial charge >= 0.3 is 0 Å². The first-order valence-electron chi connectivity index (χ1n) is 9.74. The number of rotatable bonds is 3. The Morgan fingerprint density at radius 1 is 1.13 bits per heavy atom. The zero-order chi connectivity index (χ0) is 21.3. The largest absolute Gasteiger partial charge is 0.459 e. The highest BCUT2D eigenvalue weighted by atomic mass is 16.3. The standard InChI is InChI=1S/C24H21N3O3/c1-16-14-22(27(17(2)28)19-8-5-4-6-9-19)20-15-18(25-3)11-12-21(20)26(16)24(29)23-10-7-13-30-23/h4-13,15-16,22H,14H2,1-2H3. The lowest BCUT2D eigenvalue weighted by atomic mass is 9.89. The fraction of sp³-hybridized carbons (Fsp3) is 0.208. The van der Waals surface area contributed by atoms with Gasteiger partial charge in [-0.15, -0.1) is 0 Å². The van der Waals surface area contributed by atoms with Gasteiger partial charge in [0.15, 0.2) is 11.4 Å². The molecule has 1 aliphatic heterocycles. The first kappa shape index (κ1) is 19.5. The Kier molecular flexibility index (Phi) is 5.11. The van der Waals surface area contributed by atoms with Crippen molar-refractivity contribution in [1.29, 1.82) is 0 Å². The lowest BCUT2D eigenvalue weighted by Gasteiger charge is -2.43. The second-order valence-electron chi connectivity index (χ2n) is 7.33. The van der Waals surface area contributed by atoms with Gasteiger partial charge in [0.1, 0.15) is 0 Å². The van der Waals surface area contributed by atoms with Crippen LogP contribution in [0.25, 0.3) is 4.85 Å². The number of fused-ring (bicyclic) bond motifs is 1. The van der Waals surface area contributed by atoms with Crippen LogP contribution in [-0.2, 0) is 4.79 Å². The highest BCUT2D eigenvalue weighted by Gasteiger charge is 2.38. The summed E-state index contributed by atoms with van der Waals surface area (Å²) in [6.07, 6.45) is 2.01. The lowest BCUT2D eigenvalue weighted by molar-refractivity contribution is -0.117. The number of para-hydroxylation sites is 1. The number of amides is 2. The topological polar surface area (TPSA) is 58.1 Å². The second kappa shape index (κ2) is 7.88. The molecule has 0 N–H and O–H groups in total. The first-order chi connectivity index (χ1) is 14.5. The maximum absolute atomic E-state index is 13.2. The van der Waals surface area contributed by atoms with Crippen LogP contribution < -0.4 is 9.80 Å². The molecule has 150 valence electrons. The van der Waals surface area contributed by atoms with Gasteiger partial charge in [0.05, 0.1) is 18.9 Å². The van der Waals surface area contributed by atoms with Crippen molar-refractivity contribution in [2.24, 2.45) is 0 Å². The van der Waals surface area contributed by atoms with E-state index in [-0.39, 0.29) is 29.7 Å². The number of hydrogen-bond donors (Lipinski definition) is 0. The van der Waals surface area contributed by atoms with Crippen LogP contribution in [0, 0.1) is 6.57 Å². The van der Waals surface area contributed by atoms with Crippen LogP contribution >= 0.6 is 0 Å². The summed E-state index contributed by atoms with van der Waals surface area (Å²) < 4.78 is 5.33. The quantitative estimate of drug-likeness (QED) is 0.557. The van der Waals surface area contributed by atoms with E-state index < -0.39 is 0 Å². The third-order valence-electron chi connectivity index (χ3n) is 5.40. The molecular formula is C24H21N3O3. The van der Waals surface area contributed by atoms with Gasteiger partial charge in [0, 0.05) is 24.3 Å². The first-order valence-corrected chi connectivity index (χ1v) is 9.74. The van der Waals surface area contributed by atoms with Gasteiger partial charge in [0.2, 0.25) is 5.91 Å². The van der Waals surface area contributed by atoms with E-state index >= 15 is 0 Å². The molecule has 4 rings (SSSR count). The fourth-order valence-electron chi connectivity index (χ4n) is 4.13. The number of carbonyl (C=O) groups is 2. The average Bonchev–Trinajstić information content (AvgIpc) is 3.29. The van der Waals surface area contributed by atoms with Crippen molar-refractivity contribution in [3.63, 3.8) is 0 Å². The molecule has 0 fully saturated rings. The summed E-state index contributed by atoms with van der Waals surface area (Å²) in [5, 5.41) is 0. The Labute approximate surface area is 175 Å². The Morgan fingerprint density at radius 3 is 2.53 bits per heavy atom. The Balaban J connectivity index is 1.86. The molecule has 0 saturated carbocycles. The van der Waals surface area contributed by atoms with Gasteiger partial charge in [-0.05, 0) is 55.3 Å². The number of benzene rings is 2. The summed E-state index contributed by atoms with van der Waals surface area (Å²) in [7, 11) is 0. The zero-order valence-corrected chi connectivity index (χ0v) is 16.8. The fourth-order valence-corrected chi connectivity index (χ4v) is 4.13. The molecule has 0 radical (unpaired) electrons. The van der Waals surface area contributed by atoms with Crippen molar-refractivity contribution < 1.29 is 14.0 Å². The molecule has 30 heavy (non-hydrogen) atoms. The number of nitrogens with zero attached hydrogens (tertiary/aromatic N) is 3. The Morgan fingerprint density at radius 2 is 1.90 bits per heavy atom. The van der Waals surface area contributed by atoms with E-state index in [0.29, 0.717) is 17.8 Å². The van der Waals surface area contributed by atoms with Gasteiger partial charge in [-0.3, -0.25) is 9.59 Å². The Bertz CT molecular complexity index is 1120. The number of furan rings is 1. The van der Waals surface area contributed by atoms with E-state index in [1.54, 1.807) is 40.1 Å². The van der Waals surface area contributed by atoms with Crippen molar-refractivity contribution in [2.75, 3.05) is 9.80 Å². The van der Waals surface area contributed by atoms with Crippen molar-refractivity contribution in [1.82, 2.24) is 0 Å². The van der Waals surface area contributed by atoms with E-state index in [1.165, 1.54) is 13.2 Å². The van der Waals surface area contributed by atoms with Gasteiger partial charge in [-0.1, -0.05) is 24.3 Å². The van der Waals surface area contributed by atoms with Crippen LogP contribution in [-0.4, -0.2) is 17.9 Å². The molecular weight excluding hydrogens is 378 g/mol. The van der Waals surface area contributed by atoms with Crippen molar-refractivity contribution in [3.8, 4) is 0 Å². The summed E-state index contributed by atoms with van der Waals surface area (Å²) in [4.78, 5) is 32.8. The van der Waals surface area contributed by atoms with Gasteiger partial charge in [-0.25, -0.2) is 4.85 Å². The van der Waals surface area contributed by atoms with Crippen molar-refractivity contribution in [2.45, 2.75) is 32.4 Å². The van der Waals surface area contributed by atoms with E-state index in [0.717, 1.165) is 11.3 Å². The van der Waals surface area contributed by atoms with Gasteiger partial charge in [0.25, 0.3) is 5.91 Å². The minimum atomic E-state index is -0.294. The second-order valence-corrected chi connectivity index (χ2v) is 7.33. The molecule has 3 aromatic rings. The predicted molar refractivity (Wildman–Crippen MR) is 115 cm³/mol. The predicted octanol–water partition coefficient (Wildman–Crippen LogP) is 5.36. The van der Waals surface area contributed by atoms with Crippen LogP contribution in [0.3, 0.4) is 0 Å². The normalized spacial score (nSPS) is 17.7. The molecule has 1 aliphatic rings. The summed E-state index contributed by atoms with van der Waals surface area (Å²) in [6.45, 7) is 10.9. The molecule has 6 nitrogen and oxygen atoms in total. The van der Waals surface area contributed by atoms with Gasteiger partial charge in [-0.2, -0.15) is 0 Å². The SMILES string of the molecule is [C-]#[N+]c1ccc2c(c1)C(N(C(C)=O)c1ccccc1)CC(C)N2C(=O)c1ccco1. The van der Waals surface area contributed by atoms with E-state index in [9.17, 15) is 9.59 Å². The third-order valence-corrected chi connectivity index (χ3v) is 5.40. The minimum absolute atomic E-state index is 0.0941. The van der Waals surface area contributed by atoms with Crippen LogP contribution in [0.15, 0.2) is 71.3 Å². The molecule has 0 saturated heterocycles. The van der Waals surface area contributed by atoms with Crippen LogP contribution in [0.2, 0.25) is 0 Å². The molecule has 2 heterocycles. The maximum atomic E-state index is 13.2. The molecule has 0 spiro atoms. The smallest absolute Gasteiger partial charge is 0.294 e. The Hall–Kier alpha value is -3.85. The van der Waals surface area contributed by atoms with Crippen LogP contribution in [0.5, 0.6) is 0 Å².